The first-order valence-corrected chi connectivity index (χ1v) is 10.1. The molecule has 26 heavy (non-hydrogen) atoms. The van der Waals surface area contributed by atoms with Gasteiger partial charge in [-0.05, 0) is 79.3 Å². The highest BCUT2D eigenvalue weighted by Gasteiger charge is 2.15. The van der Waals surface area contributed by atoms with E-state index < -0.39 is 0 Å². The van der Waals surface area contributed by atoms with Gasteiger partial charge in [0, 0.05) is 11.5 Å². The second-order valence-electron chi connectivity index (χ2n) is 7.71. The summed E-state index contributed by atoms with van der Waals surface area (Å²) in [6.07, 6.45) is 8.01. The van der Waals surface area contributed by atoms with Gasteiger partial charge in [0.15, 0.2) is 0 Å². The second kappa shape index (κ2) is 9.04. The van der Waals surface area contributed by atoms with Crippen LogP contribution in [0.5, 0.6) is 0 Å². The maximum Gasteiger partial charge on any atom is 0.127 e. The van der Waals surface area contributed by atoms with Gasteiger partial charge in [-0.3, -0.25) is 0 Å². The van der Waals surface area contributed by atoms with Crippen LogP contribution in [-0.2, 0) is 6.42 Å². The summed E-state index contributed by atoms with van der Waals surface area (Å²) in [5.74, 6) is 8.09. The molecule has 0 heterocycles. The summed E-state index contributed by atoms with van der Waals surface area (Å²) in [5.41, 5.74) is 3.85. The van der Waals surface area contributed by atoms with Crippen LogP contribution in [0.1, 0.15) is 63.5 Å². The molecule has 0 N–H and O–H groups in total. The lowest BCUT2D eigenvalue weighted by Crippen LogP contribution is -2.10. The van der Waals surface area contributed by atoms with Gasteiger partial charge in [0.05, 0.1) is 0 Å². The number of hydrogen-bond acceptors (Lipinski definition) is 0. The predicted octanol–water partition coefficient (Wildman–Crippen LogP) is 7.01. The van der Waals surface area contributed by atoms with Crippen molar-refractivity contribution in [1.29, 1.82) is 0 Å². The molecule has 0 nitrogen and oxygen atoms in total. The van der Waals surface area contributed by atoms with Gasteiger partial charge in [0.25, 0.3) is 0 Å². The average molecular weight is 349 g/mol. The van der Waals surface area contributed by atoms with Crippen LogP contribution >= 0.6 is 0 Å². The molecule has 0 spiro atoms. The number of benzene rings is 2. The van der Waals surface area contributed by atoms with E-state index in [1.165, 1.54) is 25.7 Å². The molecule has 0 atom stereocenters. The second-order valence-corrected chi connectivity index (χ2v) is 7.71. The predicted molar refractivity (Wildman–Crippen MR) is 108 cm³/mol. The lowest BCUT2D eigenvalue weighted by Gasteiger charge is -2.21. The Morgan fingerprint density at radius 2 is 1.65 bits per heavy atom. The summed E-state index contributed by atoms with van der Waals surface area (Å²) in [5, 5.41) is 0. The quantitative estimate of drug-likeness (QED) is 0.521. The molecule has 0 unspecified atom stereocenters. The third kappa shape index (κ3) is 4.98. The lowest BCUT2D eigenvalue weighted by atomic mass is 9.83. The molecule has 0 bridgehead atoms. The van der Waals surface area contributed by atoms with Gasteiger partial charge in [0.1, 0.15) is 5.82 Å². The highest BCUT2D eigenvalue weighted by Crippen LogP contribution is 2.28. The van der Waals surface area contributed by atoms with E-state index >= 15 is 0 Å². The van der Waals surface area contributed by atoms with Crippen LogP contribution < -0.4 is 0 Å². The molecular formula is C25H29F. The topological polar surface area (TPSA) is 0 Å². The fourth-order valence-electron chi connectivity index (χ4n) is 3.63. The third-order valence-electron chi connectivity index (χ3n) is 5.51. The van der Waals surface area contributed by atoms with Crippen molar-refractivity contribution < 1.29 is 4.39 Å². The number of unbranched alkanes of at least 4 members (excludes halogenated alkanes) is 1. The first-order chi connectivity index (χ1) is 12.7. The van der Waals surface area contributed by atoms with E-state index in [0.29, 0.717) is 5.92 Å². The van der Waals surface area contributed by atoms with Gasteiger partial charge in [-0.15, -0.1) is 0 Å². The maximum absolute atomic E-state index is 14.3. The van der Waals surface area contributed by atoms with E-state index in [1.807, 2.05) is 24.3 Å². The molecule has 1 aliphatic rings. The van der Waals surface area contributed by atoms with E-state index in [2.05, 4.69) is 37.8 Å². The summed E-state index contributed by atoms with van der Waals surface area (Å²) in [6, 6.07) is 13.8. The van der Waals surface area contributed by atoms with Crippen LogP contribution in [-0.4, -0.2) is 0 Å². The van der Waals surface area contributed by atoms with Gasteiger partial charge in [-0.25, -0.2) is 4.39 Å². The molecule has 136 valence electrons. The Morgan fingerprint density at radius 3 is 2.31 bits per heavy atom. The minimum Gasteiger partial charge on any atom is -0.207 e. The monoisotopic (exact) mass is 348 g/mol. The van der Waals surface area contributed by atoms with Crippen molar-refractivity contribution in [3.05, 3.63) is 59.4 Å². The minimum atomic E-state index is -0.0913. The van der Waals surface area contributed by atoms with Crippen molar-refractivity contribution in [3.63, 3.8) is 0 Å². The van der Waals surface area contributed by atoms with Crippen LogP contribution in [0.4, 0.5) is 4.39 Å². The van der Waals surface area contributed by atoms with E-state index in [-0.39, 0.29) is 5.82 Å². The highest BCUT2D eigenvalue weighted by molar-refractivity contribution is 5.65. The SMILES string of the molecule is CCCCc1ccc(-c2ccc(C#CC3CCC(C)CC3)cc2)cc1F. The summed E-state index contributed by atoms with van der Waals surface area (Å²) in [6.45, 7) is 4.47. The Morgan fingerprint density at radius 1 is 0.962 bits per heavy atom. The molecular weight excluding hydrogens is 319 g/mol. The zero-order valence-electron chi connectivity index (χ0n) is 16.0. The van der Waals surface area contributed by atoms with Crippen molar-refractivity contribution >= 4 is 0 Å². The van der Waals surface area contributed by atoms with Crippen molar-refractivity contribution in [1.82, 2.24) is 0 Å². The average Bonchev–Trinajstić information content (AvgIpc) is 2.67. The molecule has 0 aromatic heterocycles. The standard InChI is InChI=1S/C25H29F/c1-3-4-5-23-16-17-24(18-25(23)26)22-14-12-21(13-15-22)11-10-20-8-6-19(2)7-9-20/h12-20H,3-9H2,1-2H3. The van der Waals surface area contributed by atoms with Gasteiger partial charge in [-0.1, -0.05) is 56.4 Å². The Bertz CT molecular complexity index is 768. The number of halogens is 1. The summed E-state index contributed by atoms with van der Waals surface area (Å²) >= 11 is 0. The maximum atomic E-state index is 14.3. The van der Waals surface area contributed by atoms with E-state index in [4.69, 9.17) is 0 Å². The van der Waals surface area contributed by atoms with Gasteiger partial charge >= 0.3 is 0 Å². The molecule has 2 aromatic rings. The van der Waals surface area contributed by atoms with Crippen LogP contribution in [0.25, 0.3) is 11.1 Å². The number of rotatable bonds is 4. The first kappa shape index (κ1) is 18.7. The molecule has 1 heteroatoms. The molecule has 1 aliphatic carbocycles. The number of aryl methyl sites for hydroxylation is 1. The zero-order chi connectivity index (χ0) is 18.4. The minimum absolute atomic E-state index is 0.0913. The number of hydrogen-bond donors (Lipinski definition) is 0. The highest BCUT2D eigenvalue weighted by atomic mass is 19.1. The van der Waals surface area contributed by atoms with Crippen LogP contribution in [0.3, 0.4) is 0 Å². The van der Waals surface area contributed by atoms with Crippen molar-refractivity contribution in [2.24, 2.45) is 11.8 Å². The first-order valence-electron chi connectivity index (χ1n) is 10.1. The zero-order valence-corrected chi connectivity index (χ0v) is 16.0. The van der Waals surface area contributed by atoms with Crippen molar-refractivity contribution in [3.8, 4) is 23.0 Å². The van der Waals surface area contributed by atoms with Crippen molar-refractivity contribution in [2.45, 2.75) is 58.8 Å². The molecule has 2 aromatic carbocycles. The summed E-state index contributed by atoms with van der Waals surface area (Å²) in [7, 11) is 0. The molecule has 0 radical (unpaired) electrons. The van der Waals surface area contributed by atoms with E-state index in [9.17, 15) is 4.39 Å². The third-order valence-corrected chi connectivity index (χ3v) is 5.51. The summed E-state index contributed by atoms with van der Waals surface area (Å²) in [4.78, 5) is 0. The Kier molecular flexibility index (Phi) is 6.51. The van der Waals surface area contributed by atoms with E-state index in [1.54, 1.807) is 6.07 Å². The molecule has 1 saturated carbocycles. The molecule has 0 aliphatic heterocycles. The smallest absolute Gasteiger partial charge is 0.127 e. The van der Waals surface area contributed by atoms with Crippen molar-refractivity contribution in [2.75, 3.05) is 0 Å². The normalized spacial score (nSPS) is 19.7. The molecule has 0 saturated heterocycles. The van der Waals surface area contributed by atoms with E-state index in [0.717, 1.165) is 47.4 Å². The van der Waals surface area contributed by atoms with Gasteiger partial charge in [0.2, 0.25) is 0 Å². The van der Waals surface area contributed by atoms with Gasteiger partial charge in [-0.2, -0.15) is 0 Å². The fraction of sp³-hybridized carbons (Fsp3) is 0.440. The summed E-state index contributed by atoms with van der Waals surface area (Å²) < 4.78 is 14.3. The van der Waals surface area contributed by atoms with Crippen LogP contribution in [0.15, 0.2) is 42.5 Å². The molecule has 3 rings (SSSR count). The van der Waals surface area contributed by atoms with Gasteiger partial charge < -0.3 is 0 Å². The van der Waals surface area contributed by atoms with Crippen LogP contribution in [0.2, 0.25) is 0 Å². The molecule has 0 amide bonds. The van der Waals surface area contributed by atoms with Crippen LogP contribution in [0, 0.1) is 29.5 Å². The Labute approximate surface area is 157 Å². The largest absolute Gasteiger partial charge is 0.207 e. The lowest BCUT2D eigenvalue weighted by molar-refractivity contribution is 0.337. The fourth-order valence-corrected chi connectivity index (χ4v) is 3.63. The molecule has 1 fully saturated rings. The Hall–Kier alpha value is -2.07. The Balaban J connectivity index is 1.67.